The standard InChI is InChI=1S/C12H29N3O2S/c1-5-14(6-2)10-8-11-15(7-3)18(16,17)12-9-13-4/h13H,5-12H2,1-4H3. The van der Waals surface area contributed by atoms with Crippen molar-refractivity contribution in [1.82, 2.24) is 14.5 Å². The molecule has 0 saturated heterocycles. The Bertz CT molecular complexity index is 290. The lowest BCUT2D eigenvalue weighted by atomic mass is 10.3. The van der Waals surface area contributed by atoms with Crippen molar-refractivity contribution in [2.75, 3.05) is 52.1 Å². The molecule has 0 bridgehead atoms. The van der Waals surface area contributed by atoms with Crippen LogP contribution >= 0.6 is 0 Å². The summed E-state index contributed by atoms with van der Waals surface area (Å²) >= 11 is 0. The van der Waals surface area contributed by atoms with Gasteiger partial charge >= 0.3 is 0 Å². The molecule has 0 unspecified atom stereocenters. The predicted octanol–water partition coefficient (Wildman–Crippen LogP) is 0.589. The molecule has 5 nitrogen and oxygen atoms in total. The number of nitrogens with one attached hydrogen (secondary N) is 1. The molecule has 0 aromatic carbocycles. The Kier molecular flexibility index (Phi) is 9.63. The van der Waals surface area contributed by atoms with Crippen LogP contribution in [0, 0.1) is 0 Å². The summed E-state index contributed by atoms with van der Waals surface area (Å²) in [5.41, 5.74) is 0. The van der Waals surface area contributed by atoms with Crippen molar-refractivity contribution in [3.63, 3.8) is 0 Å². The molecular formula is C12H29N3O2S. The highest BCUT2D eigenvalue weighted by Gasteiger charge is 2.19. The first-order chi connectivity index (χ1) is 8.51. The number of hydrogen-bond donors (Lipinski definition) is 1. The van der Waals surface area contributed by atoms with Crippen LogP contribution in [0.15, 0.2) is 0 Å². The molecular weight excluding hydrogens is 250 g/mol. The highest BCUT2D eigenvalue weighted by Crippen LogP contribution is 2.03. The van der Waals surface area contributed by atoms with Gasteiger partial charge in [0.1, 0.15) is 0 Å². The highest BCUT2D eigenvalue weighted by atomic mass is 32.2. The molecule has 0 saturated carbocycles. The SMILES string of the molecule is CCN(CC)CCCN(CC)S(=O)(=O)CCNC. The van der Waals surface area contributed by atoms with Gasteiger partial charge in [0.2, 0.25) is 10.0 Å². The van der Waals surface area contributed by atoms with Crippen molar-refractivity contribution < 1.29 is 8.42 Å². The van der Waals surface area contributed by atoms with E-state index < -0.39 is 10.0 Å². The van der Waals surface area contributed by atoms with E-state index in [2.05, 4.69) is 24.1 Å². The van der Waals surface area contributed by atoms with Crippen molar-refractivity contribution in [2.24, 2.45) is 0 Å². The molecule has 0 radical (unpaired) electrons. The molecule has 110 valence electrons. The maximum absolute atomic E-state index is 12.0. The lowest BCUT2D eigenvalue weighted by Gasteiger charge is -2.23. The largest absolute Gasteiger partial charge is 0.319 e. The molecule has 0 heterocycles. The Balaban J connectivity index is 4.18. The molecule has 0 atom stereocenters. The van der Waals surface area contributed by atoms with Crippen molar-refractivity contribution in [2.45, 2.75) is 27.2 Å². The molecule has 0 fully saturated rings. The average Bonchev–Trinajstić information content (AvgIpc) is 2.36. The summed E-state index contributed by atoms with van der Waals surface area (Å²) in [6.07, 6.45) is 0.897. The van der Waals surface area contributed by atoms with Gasteiger partial charge in [-0.1, -0.05) is 20.8 Å². The molecule has 0 aliphatic carbocycles. The van der Waals surface area contributed by atoms with Crippen molar-refractivity contribution in [1.29, 1.82) is 0 Å². The minimum atomic E-state index is -3.09. The van der Waals surface area contributed by atoms with Crippen LogP contribution in [0.4, 0.5) is 0 Å². The third kappa shape index (κ3) is 6.68. The van der Waals surface area contributed by atoms with Crippen LogP contribution in [0.25, 0.3) is 0 Å². The van der Waals surface area contributed by atoms with E-state index in [0.29, 0.717) is 19.6 Å². The molecule has 0 aromatic rings. The zero-order valence-corrected chi connectivity index (χ0v) is 13.1. The van der Waals surface area contributed by atoms with Gasteiger partial charge in [-0.2, -0.15) is 0 Å². The monoisotopic (exact) mass is 279 g/mol. The summed E-state index contributed by atoms with van der Waals surface area (Å²) in [6, 6.07) is 0. The first-order valence-electron chi connectivity index (χ1n) is 6.86. The van der Waals surface area contributed by atoms with E-state index in [1.165, 1.54) is 0 Å². The van der Waals surface area contributed by atoms with E-state index in [4.69, 9.17) is 0 Å². The number of sulfonamides is 1. The normalized spacial score (nSPS) is 12.6. The molecule has 6 heteroatoms. The summed E-state index contributed by atoms with van der Waals surface area (Å²) in [6.45, 7) is 10.9. The maximum atomic E-state index is 12.0. The summed E-state index contributed by atoms with van der Waals surface area (Å²) in [7, 11) is -1.32. The first kappa shape index (κ1) is 17.8. The van der Waals surface area contributed by atoms with E-state index >= 15 is 0 Å². The van der Waals surface area contributed by atoms with Gasteiger partial charge in [0.25, 0.3) is 0 Å². The zero-order chi connectivity index (χ0) is 14.0. The van der Waals surface area contributed by atoms with Gasteiger partial charge in [-0.15, -0.1) is 0 Å². The fourth-order valence-electron chi connectivity index (χ4n) is 1.86. The van der Waals surface area contributed by atoms with Crippen LogP contribution in [-0.2, 0) is 10.0 Å². The smallest absolute Gasteiger partial charge is 0.215 e. The van der Waals surface area contributed by atoms with Crippen molar-refractivity contribution in [3.05, 3.63) is 0 Å². The fourth-order valence-corrected chi connectivity index (χ4v) is 3.39. The Morgan fingerprint density at radius 1 is 1.00 bits per heavy atom. The Morgan fingerprint density at radius 3 is 2.06 bits per heavy atom. The Hall–Kier alpha value is -0.170. The number of hydrogen-bond acceptors (Lipinski definition) is 4. The lowest BCUT2D eigenvalue weighted by Crippen LogP contribution is -2.37. The van der Waals surface area contributed by atoms with Gasteiger partial charge in [-0.25, -0.2) is 12.7 Å². The van der Waals surface area contributed by atoms with Gasteiger partial charge in [-0.05, 0) is 33.1 Å². The maximum Gasteiger partial charge on any atom is 0.215 e. The van der Waals surface area contributed by atoms with E-state index in [0.717, 1.165) is 26.1 Å². The van der Waals surface area contributed by atoms with Crippen LogP contribution < -0.4 is 5.32 Å². The van der Waals surface area contributed by atoms with E-state index in [1.54, 1.807) is 11.4 Å². The van der Waals surface area contributed by atoms with Crippen LogP contribution in [-0.4, -0.2) is 69.7 Å². The second kappa shape index (κ2) is 9.72. The van der Waals surface area contributed by atoms with Gasteiger partial charge in [0, 0.05) is 19.6 Å². The predicted molar refractivity (Wildman–Crippen MR) is 77.4 cm³/mol. The van der Waals surface area contributed by atoms with E-state index in [9.17, 15) is 8.42 Å². The lowest BCUT2D eigenvalue weighted by molar-refractivity contribution is 0.285. The second-order valence-corrected chi connectivity index (χ2v) is 6.38. The van der Waals surface area contributed by atoms with Crippen LogP contribution in [0.2, 0.25) is 0 Å². The minimum Gasteiger partial charge on any atom is -0.319 e. The van der Waals surface area contributed by atoms with Crippen molar-refractivity contribution >= 4 is 10.0 Å². The van der Waals surface area contributed by atoms with Crippen LogP contribution in [0.1, 0.15) is 27.2 Å². The fraction of sp³-hybridized carbons (Fsp3) is 1.00. The van der Waals surface area contributed by atoms with Crippen LogP contribution in [0.3, 0.4) is 0 Å². The number of nitrogens with zero attached hydrogens (tertiary/aromatic N) is 2. The Morgan fingerprint density at radius 2 is 1.61 bits per heavy atom. The third-order valence-electron chi connectivity index (χ3n) is 3.13. The molecule has 0 spiro atoms. The summed E-state index contributed by atoms with van der Waals surface area (Å²) < 4.78 is 25.6. The topological polar surface area (TPSA) is 52.7 Å². The zero-order valence-electron chi connectivity index (χ0n) is 12.3. The van der Waals surface area contributed by atoms with E-state index in [-0.39, 0.29) is 5.75 Å². The molecule has 0 aromatic heterocycles. The molecule has 0 aliphatic heterocycles. The summed E-state index contributed by atoms with van der Waals surface area (Å²) in [5, 5.41) is 2.88. The summed E-state index contributed by atoms with van der Waals surface area (Å²) in [5.74, 6) is 0.183. The average molecular weight is 279 g/mol. The van der Waals surface area contributed by atoms with Gasteiger partial charge in [0.05, 0.1) is 5.75 Å². The highest BCUT2D eigenvalue weighted by molar-refractivity contribution is 7.89. The van der Waals surface area contributed by atoms with Gasteiger partial charge < -0.3 is 10.2 Å². The quantitative estimate of drug-likeness (QED) is 0.601. The molecule has 18 heavy (non-hydrogen) atoms. The van der Waals surface area contributed by atoms with Crippen molar-refractivity contribution in [3.8, 4) is 0 Å². The summed E-state index contributed by atoms with van der Waals surface area (Å²) in [4.78, 5) is 2.31. The minimum absolute atomic E-state index is 0.183. The number of rotatable bonds is 11. The second-order valence-electron chi connectivity index (χ2n) is 4.29. The third-order valence-corrected chi connectivity index (χ3v) is 5.08. The van der Waals surface area contributed by atoms with Gasteiger partial charge in [0.15, 0.2) is 0 Å². The van der Waals surface area contributed by atoms with E-state index in [1.807, 2.05) is 6.92 Å². The molecule has 0 amide bonds. The van der Waals surface area contributed by atoms with Gasteiger partial charge in [-0.3, -0.25) is 0 Å². The molecule has 1 N–H and O–H groups in total. The first-order valence-corrected chi connectivity index (χ1v) is 8.47. The molecule has 0 aliphatic rings. The van der Waals surface area contributed by atoms with Crippen LogP contribution in [0.5, 0.6) is 0 Å². The molecule has 0 rings (SSSR count). The Labute approximate surface area is 113 Å².